The molecule has 0 aliphatic rings. The monoisotopic (exact) mass is 633 g/mol. The molecule has 0 saturated carbocycles. The number of nitrogens with zero attached hydrogens (tertiary/aromatic N) is 2. The molecule has 0 fully saturated rings. The van der Waals surface area contributed by atoms with E-state index in [0.29, 0.717) is 0 Å². The van der Waals surface area contributed by atoms with E-state index in [4.69, 9.17) is 0 Å². The molecular weight excluding hydrogens is 605 g/mol. The largest absolute Gasteiger partial charge is 0.305 e. The Kier molecular flexibility index (Phi) is 9.25. The quantitative estimate of drug-likeness (QED) is 0.190. The second-order valence-corrected chi connectivity index (χ2v) is 8.69. The molecule has 0 N–H and O–H groups in total. The van der Waals surface area contributed by atoms with E-state index in [1.165, 1.54) is 16.7 Å². The van der Waals surface area contributed by atoms with Crippen LogP contribution in [-0.4, -0.2) is 9.97 Å². The van der Waals surface area contributed by atoms with Crippen LogP contribution in [0.3, 0.4) is 0 Å². The molecule has 0 saturated heterocycles. The van der Waals surface area contributed by atoms with Crippen LogP contribution in [0.4, 0.5) is 0 Å². The van der Waals surface area contributed by atoms with Crippen molar-refractivity contribution in [2.75, 3.05) is 0 Å². The molecule has 35 heavy (non-hydrogen) atoms. The Morgan fingerprint density at radius 1 is 0.629 bits per heavy atom. The number of aromatic nitrogens is 2. The number of hydrogen-bond donors (Lipinski definition) is 0. The Labute approximate surface area is 222 Å². The summed E-state index contributed by atoms with van der Waals surface area (Å²) in [6.45, 7) is 6.53. The minimum atomic E-state index is -0.0479. The van der Waals surface area contributed by atoms with Crippen molar-refractivity contribution in [2.24, 2.45) is 0 Å². The third kappa shape index (κ3) is 6.82. The maximum atomic E-state index is 4.49. The molecule has 0 spiro atoms. The fourth-order valence-corrected chi connectivity index (χ4v) is 3.72. The van der Waals surface area contributed by atoms with E-state index in [2.05, 4.69) is 84.5 Å². The molecule has 177 valence electrons. The first-order valence-electron chi connectivity index (χ1n) is 11.4. The van der Waals surface area contributed by atoms with E-state index in [9.17, 15) is 0 Å². The first kappa shape index (κ1) is 26.2. The predicted octanol–water partition coefficient (Wildman–Crippen LogP) is 7.73. The van der Waals surface area contributed by atoms with Gasteiger partial charge in [0.25, 0.3) is 0 Å². The smallest absolute Gasteiger partial charge is 0.0190 e. The normalized spacial score (nSPS) is 10.5. The van der Waals surface area contributed by atoms with Crippen molar-refractivity contribution in [3.63, 3.8) is 0 Å². The van der Waals surface area contributed by atoms with Crippen LogP contribution in [0.2, 0.25) is 0 Å². The number of hydrogen-bond acceptors (Lipinski definition) is 2. The van der Waals surface area contributed by atoms with E-state index >= 15 is 0 Å². The van der Waals surface area contributed by atoms with Gasteiger partial charge in [-0.3, -0.25) is 0 Å². The van der Waals surface area contributed by atoms with Gasteiger partial charge < -0.3 is 9.97 Å². The van der Waals surface area contributed by atoms with Gasteiger partial charge in [0.15, 0.2) is 0 Å². The van der Waals surface area contributed by atoms with Gasteiger partial charge in [-0.1, -0.05) is 62.4 Å². The summed E-state index contributed by atoms with van der Waals surface area (Å²) in [7, 11) is 0. The Hall–Kier alpha value is -3.39. The van der Waals surface area contributed by atoms with Crippen LogP contribution in [0, 0.1) is 19.1 Å². The van der Waals surface area contributed by atoms with Crippen LogP contribution in [0.15, 0.2) is 116 Å². The molecule has 2 nitrogen and oxygen atoms in total. The summed E-state index contributed by atoms with van der Waals surface area (Å²) in [6.07, 6.45) is 3.76. The zero-order valence-corrected chi connectivity index (χ0v) is 22.6. The van der Waals surface area contributed by atoms with Gasteiger partial charge in [0, 0.05) is 37.9 Å². The average Bonchev–Trinajstić information content (AvgIpc) is 2.91. The van der Waals surface area contributed by atoms with Crippen LogP contribution in [0.1, 0.15) is 30.5 Å². The summed E-state index contributed by atoms with van der Waals surface area (Å²) in [6, 6.07) is 41.1. The van der Waals surface area contributed by atoms with E-state index in [0.717, 1.165) is 22.5 Å². The maximum Gasteiger partial charge on any atom is 0.0190 e. The number of rotatable bonds is 4. The zero-order chi connectivity index (χ0) is 23.8. The molecule has 5 aromatic rings. The molecule has 3 aromatic carbocycles. The minimum Gasteiger partial charge on any atom is -0.305 e. The van der Waals surface area contributed by atoms with Gasteiger partial charge in [-0.25, -0.2) is 0 Å². The van der Waals surface area contributed by atoms with Crippen LogP contribution >= 0.6 is 0 Å². The van der Waals surface area contributed by atoms with E-state index in [1.807, 2.05) is 73.9 Å². The Balaban J connectivity index is 0.000000211. The van der Waals surface area contributed by atoms with Gasteiger partial charge in [-0.2, -0.15) is 0 Å². The third-order valence-corrected chi connectivity index (χ3v) is 5.86. The first-order valence-corrected chi connectivity index (χ1v) is 11.4. The predicted molar refractivity (Wildman–Crippen MR) is 140 cm³/mol. The Bertz CT molecular complexity index is 1300. The van der Waals surface area contributed by atoms with Crippen molar-refractivity contribution in [1.29, 1.82) is 0 Å². The zero-order valence-electron chi connectivity index (χ0n) is 20.2. The summed E-state index contributed by atoms with van der Waals surface area (Å²) < 4.78 is 0. The SMILES string of the molecule is CC(C)(c1ccccc1)c1ccnc(-c2[c-]cccc2)c1.Cc1ccc(-c2[c-]cccc2)nc1.[Ir]. The summed E-state index contributed by atoms with van der Waals surface area (Å²) >= 11 is 0. The van der Waals surface area contributed by atoms with E-state index in [-0.39, 0.29) is 25.5 Å². The van der Waals surface area contributed by atoms with Crippen molar-refractivity contribution in [3.8, 4) is 22.5 Å². The summed E-state index contributed by atoms with van der Waals surface area (Å²) in [5, 5.41) is 0. The molecule has 0 aliphatic heterocycles. The van der Waals surface area contributed by atoms with Gasteiger partial charge in [0.1, 0.15) is 0 Å². The van der Waals surface area contributed by atoms with Gasteiger partial charge >= 0.3 is 0 Å². The molecule has 0 amide bonds. The van der Waals surface area contributed by atoms with Crippen molar-refractivity contribution in [2.45, 2.75) is 26.2 Å². The molecule has 3 heteroatoms. The van der Waals surface area contributed by atoms with E-state index in [1.54, 1.807) is 0 Å². The Morgan fingerprint density at radius 2 is 1.26 bits per heavy atom. The molecule has 1 radical (unpaired) electrons. The van der Waals surface area contributed by atoms with Gasteiger partial charge in [-0.15, -0.1) is 71.8 Å². The number of pyridine rings is 2. The second kappa shape index (κ2) is 12.4. The number of benzene rings is 3. The van der Waals surface area contributed by atoms with Crippen LogP contribution in [0.5, 0.6) is 0 Å². The minimum absolute atomic E-state index is 0. The van der Waals surface area contributed by atoms with Crippen molar-refractivity contribution >= 4 is 0 Å². The standard InChI is InChI=1S/C20H18N.C12H10N.Ir/c1-20(2,17-11-7-4-8-12-17)18-13-14-21-19(15-18)16-9-5-3-6-10-16;1-10-7-8-12(13-9-10)11-5-3-2-4-6-11;/h3-9,11-15H,1-2H3;2-5,7-9H,1H3;/q2*-1;. The van der Waals surface area contributed by atoms with Crippen LogP contribution in [0.25, 0.3) is 22.5 Å². The molecule has 2 aromatic heterocycles. The Morgan fingerprint density at radius 3 is 1.83 bits per heavy atom. The van der Waals surface area contributed by atoms with Crippen LogP contribution < -0.4 is 0 Å². The van der Waals surface area contributed by atoms with Crippen molar-refractivity contribution < 1.29 is 20.1 Å². The second-order valence-electron chi connectivity index (χ2n) is 8.69. The van der Waals surface area contributed by atoms with Crippen molar-refractivity contribution in [3.05, 3.63) is 144 Å². The topological polar surface area (TPSA) is 25.8 Å². The van der Waals surface area contributed by atoms with E-state index < -0.39 is 0 Å². The molecule has 0 unspecified atom stereocenters. The van der Waals surface area contributed by atoms with Crippen LogP contribution in [-0.2, 0) is 25.5 Å². The molecule has 0 atom stereocenters. The van der Waals surface area contributed by atoms with Crippen molar-refractivity contribution in [1.82, 2.24) is 9.97 Å². The average molecular weight is 633 g/mol. The molecular formula is C32H28IrN2-2. The summed E-state index contributed by atoms with van der Waals surface area (Å²) in [5.74, 6) is 0. The molecule has 2 heterocycles. The molecule has 5 rings (SSSR count). The fourth-order valence-electron chi connectivity index (χ4n) is 3.72. The summed E-state index contributed by atoms with van der Waals surface area (Å²) in [5.41, 5.74) is 7.72. The third-order valence-electron chi connectivity index (χ3n) is 5.86. The van der Waals surface area contributed by atoms with Gasteiger partial charge in [0.2, 0.25) is 0 Å². The maximum absolute atomic E-state index is 4.49. The number of aryl methyl sites for hydroxylation is 1. The molecule has 0 aliphatic carbocycles. The first-order chi connectivity index (χ1) is 16.5. The summed E-state index contributed by atoms with van der Waals surface area (Å²) in [4.78, 5) is 8.80. The van der Waals surface area contributed by atoms with Gasteiger partial charge in [-0.05, 0) is 41.1 Å². The van der Waals surface area contributed by atoms with Gasteiger partial charge in [0.05, 0.1) is 0 Å². The fraction of sp³-hybridized carbons (Fsp3) is 0.125. The molecule has 0 bridgehead atoms.